The van der Waals surface area contributed by atoms with Gasteiger partial charge in [0.2, 0.25) is 5.91 Å². The van der Waals surface area contributed by atoms with E-state index < -0.39 is 41.2 Å². The van der Waals surface area contributed by atoms with E-state index in [1.54, 1.807) is 6.92 Å². The molecule has 3 rings (SSSR count). The molecule has 0 radical (unpaired) electrons. The molecule has 3 amide bonds. The summed E-state index contributed by atoms with van der Waals surface area (Å²) in [5.74, 6) is -0.918. The van der Waals surface area contributed by atoms with Crippen molar-refractivity contribution in [3.05, 3.63) is 35.4 Å². The molecule has 30 heavy (non-hydrogen) atoms. The van der Waals surface area contributed by atoms with Gasteiger partial charge in [0.05, 0.1) is 31.1 Å². The highest BCUT2D eigenvalue weighted by Gasteiger charge is 2.61. The summed E-state index contributed by atoms with van der Waals surface area (Å²) in [6.07, 6.45) is -5.72. The van der Waals surface area contributed by atoms with Crippen molar-refractivity contribution in [2.24, 2.45) is 0 Å². The van der Waals surface area contributed by atoms with E-state index in [-0.39, 0.29) is 32.6 Å². The molecule has 1 unspecified atom stereocenters. The molecule has 1 N–H and O–H groups in total. The van der Waals surface area contributed by atoms with Crippen molar-refractivity contribution in [1.29, 1.82) is 5.26 Å². The van der Waals surface area contributed by atoms with E-state index in [0.717, 1.165) is 17.0 Å². The quantitative estimate of drug-likeness (QED) is 0.795. The number of carbonyl (C=O) groups excluding carboxylic acids is 2. The zero-order valence-corrected chi connectivity index (χ0v) is 16.0. The summed E-state index contributed by atoms with van der Waals surface area (Å²) in [6.45, 7) is 0.752. The first kappa shape index (κ1) is 21.4. The molecule has 1 atom stereocenters. The lowest BCUT2D eigenvalue weighted by Crippen LogP contribution is -2.81. The zero-order valence-electron chi connectivity index (χ0n) is 16.0. The number of hydrogen-bond donors (Lipinski definition) is 1. The number of hydrogen-bond acceptors (Lipinski definition) is 4. The number of amides is 3. The lowest BCUT2D eigenvalue weighted by Gasteiger charge is -2.57. The van der Waals surface area contributed by atoms with Gasteiger partial charge in [0.1, 0.15) is 6.54 Å². The number of halogens is 3. The van der Waals surface area contributed by atoms with Gasteiger partial charge in [0.25, 0.3) is 5.91 Å². The molecule has 0 aromatic heterocycles. The minimum Gasteiger partial charge on any atom is -0.465 e. The molecule has 2 fully saturated rings. The smallest absolute Gasteiger partial charge is 0.416 e. The Bertz CT molecular complexity index is 904. The van der Waals surface area contributed by atoms with E-state index >= 15 is 0 Å². The van der Waals surface area contributed by atoms with E-state index in [2.05, 4.69) is 0 Å². The van der Waals surface area contributed by atoms with Crippen LogP contribution in [0, 0.1) is 11.3 Å². The highest BCUT2D eigenvalue weighted by Crippen LogP contribution is 2.36. The van der Waals surface area contributed by atoms with E-state index in [0.29, 0.717) is 5.56 Å². The van der Waals surface area contributed by atoms with E-state index in [1.807, 2.05) is 6.07 Å². The molecule has 1 aromatic carbocycles. The maximum absolute atomic E-state index is 13.2. The Hall–Kier alpha value is -3.29. The van der Waals surface area contributed by atoms with Crippen molar-refractivity contribution < 1.29 is 32.7 Å². The fourth-order valence-electron chi connectivity index (χ4n) is 3.77. The number of likely N-dealkylation sites (tertiary alicyclic amines) is 1. The summed E-state index contributed by atoms with van der Waals surface area (Å²) in [5.41, 5.74) is -1.88. The highest BCUT2D eigenvalue weighted by atomic mass is 19.4. The third-order valence-electron chi connectivity index (χ3n) is 5.50. The van der Waals surface area contributed by atoms with Crippen molar-refractivity contribution >= 4 is 17.9 Å². The van der Waals surface area contributed by atoms with Gasteiger partial charge < -0.3 is 19.8 Å². The first-order valence-electron chi connectivity index (χ1n) is 9.12. The van der Waals surface area contributed by atoms with Crippen LogP contribution in [0.15, 0.2) is 24.3 Å². The second-order valence-corrected chi connectivity index (χ2v) is 7.49. The molecule has 2 aliphatic heterocycles. The third-order valence-corrected chi connectivity index (χ3v) is 5.50. The lowest BCUT2D eigenvalue weighted by molar-refractivity contribution is -0.179. The number of alkyl halides is 3. The average molecular weight is 424 g/mol. The van der Waals surface area contributed by atoms with Crippen LogP contribution in [-0.4, -0.2) is 68.9 Å². The van der Waals surface area contributed by atoms with Gasteiger partial charge in [-0.2, -0.15) is 18.4 Å². The Balaban J connectivity index is 1.89. The van der Waals surface area contributed by atoms with Crippen molar-refractivity contribution in [3.8, 4) is 6.07 Å². The molecule has 2 aliphatic rings. The fraction of sp³-hybridized carbons (Fsp3) is 0.474. The van der Waals surface area contributed by atoms with Gasteiger partial charge >= 0.3 is 12.3 Å². The fourth-order valence-corrected chi connectivity index (χ4v) is 3.77. The molecule has 11 heteroatoms. The number of nitrogens with zero attached hydrogens (tertiary/aromatic N) is 4. The highest BCUT2D eigenvalue weighted by molar-refractivity contribution is 6.00. The molecule has 0 aliphatic carbocycles. The summed E-state index contributed by atoms with van der Waals surface area (Å²) in [5, 5.41) is 18.1. The molecule has 1 spiro atoms. The second-order valence-electron chi connectivity index (χ2n) is 7.49. The normalized spacial score (nSPS) is 19.5. The maximum atomic E-state index is 13.2. The van der Waals surface area contributed by atoms with Gasteiger partial charge in [-0.3, -0.25) is 9.59 Å². The SMILES string of the molecule is CC(CC#N)N1CC(=O)N(Cc2ccc(C(F)(F)F)cc2)C2(CN(C(=O)O)C2)C1=O. The standard InChI is InChI=1S/C19H19F3N4O4/c1-12(6-7-23)25-9-15(27)26(18(16(25)28)10-24(11-18)17(29)30)8-13-2-4-14(5-3-13)19(20,21)22/h2-5,12H,6,8-11H2,1H3,(H,29,30). The summed E-state index contributed by atoms with van der Waals surface area (Å²) in [4.78, 5) is 40.8. The van der Waals surface area contributed by atoms with Crippen LogP contribution >= 0.6 is 0 Å². The van der Waals surface area contributed by atoms with E-state index in [1.165, 1.54) is 21.9 Å². The van der Waals surface area contributed by atoms with Crippen LogP contribution in [-0.2, 0) is 22.3 Å². The molecule has 0 bridgehead atoms. The van der Waals surface area contributed by atoms with Crippen molar-refractivity contribution in [1.82, 2.24) is 14.7 Å². The van der Waals surface area contributed by atoms with Crippen molar-refractivity contribution in [2.45, 2.75) is 37.6 Å². The maximum Gasteiger partial charge on any atom is 0.416 e. The van der Waals surface area contributed by atoms with Crippen LogP contribution in [0.2, 0.25) is 0 Å². The van der Waals surface area contributed by atoms with Gasteiger partial charge in [-0.1, -0.05) is 12.1 Å². The Kier molecular flexibility index (Phi) is 5.36. The number of carboxylic acid groups (broad SMARTS) is 1. The molecular weight excluding hydrogens is 405 g/mol. The largest absolute Gasteiger partial charge is 0.465 e. The summed E-state index contributed by atoms with van der Waals surface area (Å²) in [7, 11) is 0. The van der Waals surface area contributed by atoms with Gasteiger partial charge in [-0.05, 0) is 24.6 Å². The van der Waals surface area contributed by atoms with Crippen molar-refractivity contribution in [2.75, 3.05) is 19.6 Å². The van der Waals surface area contributed by atoms with Crippen LogP contribution in [0.25, 0.3) is 0 Å². The third kappa shape index (κ3) is 3.65. The van der Waals surface area contributed by atoms with Crippen LogP contribution < -0.4 is 0 Å². The molecule has 1 aromatic rings. The van der Waals surface area contributed by atoms with Gasteiger partial charge in [0, 0.05) is 12.6 Å². The predicted molar refractivity (Wildman–Crippen MR) is 95.7 cm³/mol. The number of carbonyl (C=O) groups is 3. The molecule has 0 saturated carbocycles. The van der Waals surface area contributed by atoms with Crippen LogP contribution in [0.5, 0.6) is 0 Å². The minimum atomic E-state index is -4.50. The summed E-state index contributed by atoms with van der Waals surface area (Å²) < 4.78 is 38.3. The van der Waals surface area contributed by atoms with E-state index in [4.69, 9.17) is 5.26 Å². The Morgan fingerprint density at radius 3 is 2.37 bits per heavy atom. The number of benzene rings is 1. The van der Waals surface area contributed by atoms with Crippen LogP contribution in [0.1, 0.15) is 24.5 Å². The molecular formula is C19H19F3N4O4. The first-order valence-corrected chi connectivity index (χ1v) is 9.12. The topological polar surface area (TPSA) is 105 Å². The van der Waals surface area contributed by atoms with Crippen LogP contribution in [0.3, 0.4) is 0 Å². The second kappa shape index (κ2) is 7.51. The first-order chi connectivity index (χ1) is 14.0. The molecule has 160 valence electrons. The molecule has 8 nitrogen and oxygen atoms in total. The lowest BCUT2D eigenvalue weighted by atomic mass is 9.83. The van der Waals surface area contributed by atoms with E-state index in [9.17, 15) is 32.7 Å². The predicted octanol–water partition coefficient (Wildman–Crippen LogP) is 1.91. The van der Waals surface area contributed by atoms with Crippen LogP contribution in [0.4, 0.5) is 18.0 Å². The minimum absolute atomic E-state index is 0.0106. The molecule has 2 saturated heterocycles. The monoisotopic (exact) mass is 424 g/mol. The van der Waals surface area contributed by atoms with Gasteiger partial charge in [-0.25, -0.2) is 4.79 Å². The number of rotatable bonds is 4. The average Bonchev–Trinajstić information content (AvgIpc) is 2.62. The summed E-state index contributed by atoms with van der Waals surface area (Å²) in [6, 6.07) is 5.65. The Morgan fingerprint density at radius 2 is 1.87 bits per heavy atom. The molecule has 2 heterocycles. The Labute approximate surface area is 170 Å². The zero-order chi connectivity index (χ0) is 22.3. The summed E-state index contributed by atoms with van der Waals surface area (Å²) >= 11 is 0. The van der Waals surface area contributed by atoms with Gasteiger partial charge in [-0.15, -0.1) is 0 Å². The van der Waals surface area contributed by atoms with Crippen molar-refractivity contribution in [3.63, 3.8) is 0 Å². The Morgan fingerprint density at radius 1 is 1.27 bits per heavy atom. The van der Waals surface area contributed by atoms with Gasteiger partial charge in [0.15, 0.2) is 5.54 Å². The number of piperazine rings is 1. The number of nitriles is 1.